The maximum absolute atomic E-state index is 5.39. The molecule has 1 rings (SSSR count). The highest BCUT2D eigenvalue weighted by Gasteiger charge is 2.35. The Hall–Kier alpha value is -0.0400. The van der Waals surface area contributed by atoms with Crippen molar-refractivity contribution in [3.05, 3.63) is 6.92 Å². The summed E-state index contributed by atoms with van der Waals surface area (Å²) in [5.74, 6) is 0.585. The Morgan fingerprint density at radius 1 is 1.50 bits per heavy atom. The van der Waals surface area contributed by atoms with E-state index in [4.69, 9.17) is 4.74 Å². The summed E-state index contributed by atoms with van der Waals surface area (Å²) in [7, 11) is 0. The molecule has 1 nitrogen and oxygen atoms in total. The SMILES string of the molecule is [CH2]C(C)CCC1OC1CC. The first-order valence-corrected chi connectivity index (χ1v) is 4.22. The molecule has 1 saturated heterocycles. The van der Waals surface area contributed by atoms with Crippen LogP contribution in [0.3, 0.4) is 0 Å². The summed E-state index contributed by atoms with van der Waals surface area (Å²) in [6.07, 6.45) is 4.76. The lowest BCUT2D eigenvalue weighted by molar-refractivity contribution is 0.352. The van der Waals surface area contributed by atoms with Gasteiger partial charge in [0.05, 0.1) is 12.2 Å². The second-order valence-corrected chi connectivity index (χ2v) is 3.30. The summed E-state index contributed by atoms with van der Waals surface area (Å²) >= 11 is 0. The standard InChI is InChI=1S/C9H17O/c1-4-8-9(10-8)6-5-7(2)3/h7-9H,2,4-6H2,1,3H3. The number of rotatable bonds is 4. The second-order valence-electron chi connectivity index (χ2n) is 3.30. The Kier molecular flexibility index (Phi) is 2.72. The van der Waals surface area contributed by atoms with E-state index in [1.807, 2.05) is 0 Å². The highest BCUT2D eigenvalue weighted by molar-refractivity contribution is 4.83. The van der Waals surface area contributed by atoms with Crippen LogP contribution < -0.4 is 0 Å². The van der Waals surface area contributed by atoms with Crippen LogP contribution in [-0.2, 0) is 4.74 Å². The minimum Gasteiger partial charge on any atom is -0.370 e. The van der Waals surface area contributed by atoms with Crippen LogP contribution in [0.2, 0.25) is 0 Å². The summed E-state index contributed by atoms with van der Waals surface area (Å²) in [5, 5.41) is 0. The molecule has 0 aromatic carbocycles. The molecule has 0 saturated carbocycles. The van der Waals surface area contributed by atoms with Gasteiger partial charge in [-0.3, -0.25) is 0 Å². The largest absolute Gasteiger partial charge is 0.370 e. The van der Waals surface area contributed by atoms with Crippen molar-refractivity contribution in [2.45, 2.75) is 45.3 Å². The zero-order chi connectivity index (χ0) is 7.56. The van der Waals surface area contributed by atoms with Crippen molar-refractivity contribution in [2.24, 2.45) is 5.92 Å². The Bertz CT molecular complexity index is 98.9. The molecule has 1 heterocycles. The Morgan fingerprint density at radius 2 is 2.20 bits per heavy atom. The van der Waals surface area contributed by atoms with E-state index in [-0.39, 0.29) is 0 Å². The fraction of sp³-hybridized carbons (Fsp3) is 0.889. The molecule has 1 aliphatic rings. The first kappa shape index (κ1) is 8.06. The van der Waals surface area contributed by atoms with E-state index in [9.17, 15) is 0 Å². The van der Waals surface area contributed by atoms with Gasteiger partial charge in [-0.15, -0.1) is 0 Å². The van der Waals surface area contributed by atoms with E-state index in [0.717, 1.165) is 0 Å². The van der Waals surface area contributed by atoms with Gasteiger partial charge in [-0.25, -0.2) is 0 Å². The van der Waals surface area contributed by atoms with Crippen LogP contribution in [0.1, 0.15) is 33.1 Å². The van der Waals surface area contributed by atoms with Gasteiger partial charge < -0.3 is 4.74 Å². The van der Waals surface area contributed by atoms with Crippen LogP contribution in [0, 0.1) is 12.8 Å². The fourth-order valence-corrected chi connectivity index (χ4v) is 1.24. The van der Waals surface area contributed by atoms with Crippen molar-refractivity contribution in [3.8, 4) is 0 Å². The third-order valence-electron chi connectivity index (χ3n) is 2.03. The molecule has 59 valence electrons. The lowest BCUT2D eigenvalue weighted by atomic mass is 10.0. The summed E-state index contributed by atoms with van der Waals surface area (Å²) in [6.45, 7) is 8.27. The number of ether oxygens (including phenoxy) is 1. The molecule has 1 heteroatoms. The van der Waals surface area contributed by atoms with Crippen molar-refractivity contribution in [2.75, 3.05) is 0 Å². The van der Waals surface area contributed by atoms with Gasteiger partial charge in [0.1, 0.15) is 0 Å². The van der Waals surface area contributed by atoms with Crippen molar-refractivity contribution in [1.29, 1.82) is 0 Å². The molecule has 0 bridgehead atoms. The maximum Gasteiger partial charge on any atom is 0.0841 e. The molecule has 3 atom stereocenters. The molecule has 0 aromatic rings. The smallest absolute Gasteiger partial charge is 0.0841 e. The molecule has 0 aromatic heterocycles. The van der Waals surface area contributed by atoms with Gasteiger partial charge >= 0.3 is 0 Å². The van der Waals surface area contributed by atoms with Crippen molar-refractivity contribution in [1.82, 2.24) is 0 Å². The molecule has 1 fully saturated rings. The summed E-state index contributed by atoms with van der Waals surface area (Å²) in [6, 6.07) is 0. The highest BCUT2D eigenvalue weighted by atomic mass is 16.6. The van der Waals surface area contributed by atoms with E-state index in [1.54, 1.807) is 0 Å². The maximum atomic E-state index is 5.39. The zero-order valence-electron chi connectivity index (χ0n) is 6.97. The lowest BCUT2D eigenvalue weighted by Gasteiger charge is -1.99. The monoisotopic (exact) mass is 141 g/mol. The van der Waals surface area contributed by atoms with Crippen LogP contribution in [-0.4, -0.2) is 12.2 Å². The van der Waals surface area contributed by atoms with E-state index >= 15 is 0 Å². The third-order valence-corrected chi connectivity index (χ3v) is 2.03. The van der Waals surface area contributed by atoms with E-state index in [2.05, 4.69) is 20.8 Å². The Labute approximate surface area is 63.8 Å². The normalized spacial score (nSPS) is 31.2. The molecular formula is C9H17O. The fourth-order valence-electron chi connectivity index (χ4n) is 1.24. The highest BCUT2D eigenvalue weighted by Crippen LogP contribution is 2.29. The Morgan fingerprint density at radius 3 is 2.60 bits per heavy atom. The topological polar surface area (TPSA) is 12.5 Å². The van der Waals surface area contributed by atoms with Crippen molar-refractivity contribution in [3.63, 3.8) is 0 Å². The van der Waals surface area contributed by atoms with Crippen LogP contribution in [0.25, 0.3) is 0 Å². The van der Waals surface area contributed by atoms with E-state index < -0.39 is 0 Å². The first-order valence-electron chi connectivity index (χ1n) is 4.22. The van der Waals surface area contributed by atoms with Gasteiger partial charge in [-0.05, 0) is 25.2 Å². The second kappa shape index (κ2) is 3.38. The molecule has 3 unspecified atom stereocenters. The number of epoxide rings is 1. The predicted molar refractivity (Wildman–Crippen MR) is 42.7 cm³/mol. The summed E-state index contributed by atoms with van der Waals surface area (Å²) < 4.78 is 5.39. The zero-order valence-corrected chi connectivity index (χ0v) is 6.97. The van der Waals surface area contributed by atoms with Crippen LogP contribution in [0.15, 0.2) is 0 Å². The summed E-state index contributed by atoms with van der Waals surface area (Å²) in [5.41, 5.74) is 0. The summed E-state index contributed by atoms with van der Waals surface area (Å²) in [4.78, 5) is 0. The third kappa shape index (κ3) is 2.30. The van der Waals surface area contributed by atoms with Crippen molar-refractivity contribution < 1.29 is 4.74 Å². The van der Waals surface area contributed by atoms with Gasteiger partial charge in [-0.2, -0.15) is 0 Å². The van der Waals surface area contributed by atoms with E-state index in [1.165, 1.54) is 19.3 Å². The van der Waals surface area contributed by atoms with Gasteiger partial charge in [0.15, 0.2) is 0 Å². The average Bonchev–Trinajstić information content (AvgIpc) is 2.61. The van der Waals surface area contributed by atoms with Crippen molar-refractivity contribution >= 4 is 0 Å². The molecule has 0 N–H and O–H groups in total. The van der Waals surface area contributed by atoms with Gasteiger partial charge in [0.2, 0.25) is 0 Å². The van der Waals surface area contributed by atoms with Crippen LogP contribution in [0.4, 0.5) is 0 Å². The van der Waals surface area contributed by atoms with Crippen LogP contribution in [0.5, 0.6) is 0 Å². The van der Waals surface area contributed by atoms with Gasteiger partial charge in [0.25, 0.3) is 0 Å². The van der Waals surface area contributed by atoms with E-state index in [0.29, 0.717) is 18.1 Å². The van der Waals surface area contributed by atoms with Crippen LogP contribution >= 0.6 is 0 Å². The molecular weight excluding hydrogens is 124 g/mol. The molecule has 1 aliphatic heterocycles. The minimum absolute atomic E-state index is 0.578. The molecule has 0 aliphatic carbocycles. The molecule has 1 radical (unpaired) electrons. The molecule has 0 spiro atoms. The van der Waals surface area contributed by atoms with Gasteiger partial charge in [0, 0.05) is 0 Å². The molecule has 0 amide bonds. The minimum atomic E-state index is 0.578. The average molecular weight is 141 g/mol. The Balaban J connectivity index is 1.96. The predicted octanol–water partition coefficient (Wildman–Crippen LogP) is 2.41. The molecule has 10 heavy (non-hydrogen) atoms. The number of hydrogen-bond donors (Lipinski definition) is 0. The lowest BCUT2D eigenvalue weighted by Crippen LogP contribution is -1.95. The van der Waals surface area contributed by atoms with Gasteiger partial charge in [-0.1, -0.05) is 20.8 Å². The quantitative estimate of drug-likeness (QED) is 0.548. The first-order chi connectivity index (χ1) is 4.74. The number of hydrogen-bond acceptors (Lipinski definition) is 1.